The predicted octanol–water partition coefficient (Wildman–Crippen LogP) is 2.00. The number of nitrogens with zero attached hydrogens (tertiary/aromatic N) is 2. The van der Waals surface area contributed by atoms with Crippen molar-refractivity contribution < 1.29 is 23.8 Å². The Balaban J connectivity index is 1.56. The number of hydrogen-bond acceptors (Lipinski definition) is 8. The summed E-state index contributed by atoms with van der Waals surface area (Å²) in [6, 6.07) is 5.00. The molecule has 0 fully saturated rings. The van der Waals surface area contributed by atoms with Crippen molar-refractivity contribution in [3.63, 3.8) is 0 Å². The lowest BCUT2D eigenvalue weighted by atomic mass is 10.2. The van der Waals surface area contributed by atoms with Crippen LogP contribution in [0.25, 0.3) is 10.2 Å². The molecule has 1 aliphatic heterocycles. The van der Waals surface area contributed by atoms with Gasteiger partial charge < -0.3 is 19.5 Å². The van der Waals surface area contributed by atoms with Gasteiger partial charge in [0.15, 0.2) is 11.5 Å². The number of carbonyl (C=O) groups excluding carboxylic acids is 2. The second-order valence-corrected chi connectivity index (χ2v) is 6.70. The highest BCUT2D eigenvalue weighted by Gasteiger charge is 2.19. The summed E-state index contributed by atoms with van der Waals surface area (Å²) in [5.41, 5.74) is 0.194. The van der Waals surface area contributed by atoms with Crippen LogP contribution in [0.15, 0.2) is 34.7 Å². The van der Waals surface area contributed by atoms with Crippen LogP contribution in [0.5, 0.6) is 11.5 Å². The molecule has 144 valence electrons. The fourth-order valence-electron chi connectivity index (χ4n) is 2.77. The smallest absolute Gasteiger partial charge is 0.339 e. The van der Waals surface area contributed by atoms with Gasteiger partial charge in [0.25, 0.3) is 5.56 Å². The van der Waals surface area contributed by atoms with E-state index in [1.54, 1.807) is 25.1 Å². The Bertz CT molecular complexity index is 1140. The van der Waals surface area contributed by atoms with Crippen LogP contribution in [-0.4, -0.2) is 34.8 Å². The normalized spacial score (nSPS) is 12.2. The molecule has 3 aromatic rings. The third-order valence-corrected chi connectivity index (χ3v) is 4.91. The molecule has 0 unspecified atom stereocenters. The van der Waals surface area contributed by atoms with Gasteiger partial charge in [0, 0.05) is 17.1 Å². The second-order valence-electron chi connectivity index (χ2n) is 5.84. The fraction of sp³-hybridized carbons (Fsp3) is 0.222. The van der Waals surface area contributed by atoms with Gasteiger partial charge in [-0.2, -0.15) is 0 Å². The first-order chi connectivity index (χ1) is 13.6. The molecule has 4 rings (SSSR count). The lowest BCUT2D eigenvalue weighted by Gasteiger charge is -2.08. The predicted molar refractivity (Wildman–Crippen MR) is 101 cm³/mol. The Morgan fingerprint density at radius 3 is 2.96 bits per heavy atom. The Morgan fingerprint density at radius 2 is 2.14 bits per heavy atom. The number of anilines is 1. The van der Waals surface area contributed by atoms with Gasteiger partial charge in [-0.15, -0.1) is 11.3 Å². The zero-order chi connectivity index (χ0) is 19.7. The number of fused-ring (bicyclic) bond motifs is 2. The van der Waals surface area contributed by atoms with E-state index in [4.69, 9.17) is 14.2 Å². The minimum atomic E-state index is -0.588. The third kappa shape index (κ3) is 3.29. The summed E-state index contributed by atoms with van der Waals surface area (Å²) in [4.78, 5) is 41.8. The number of ether oxygens (including phenoxy) is 3. The van der Waals surface area contributed by atoms with Crippen molar-refractivity contribution in [1.29, 1.82) is 0 Å². The van der Waals surface area contributed by atoms with Crippen LogP contribution in [0.4, 0.5) is 5.69 Å². The first-order valence-corrected chi connectivity index (χ1v) is 9.28. The summed E-state index contributed by atoms with van der Waals surface area (Å²) in [7, 11) is 0. The van der Waals surface area contributed by atoms with Crippen molar-refractivity contribution in [3.8, 4) is 11.5 Å². The molecule has 0 radical (unpaired) electrons. The molecule has 0 spiro atoms. The average Bonchev–Trinajstić information content (AvgIpc) is 3.31. The number of rotatable bonds is 5. The lowest BCUT2D eigenvalue weighted by molar-refractivity contribution is -0.116. The first kappa shape index (κ1) is 18.0. The van der Waals surface area contributed by atoms with Crippen molar-refractivity contribution in [2.24, 2.45) is 0 Å². The molecular weight excluding hydrogens is 386 g/mol. The van der Waals surface area contributed by atoms with E-state index >= 15 is 0 Å². The maximum Gasteiger partial charge on any atom is 0.339 e. The van der Waals surface area contributed by atoms with Crippen LogP contribution in [0, 0.1) is 0 Å². The van der Waals surface area contributed by atoms with Gasteiger partial charge in [0.05, 0.1) is 23.9 Å². The van der Waals surface area contributed by atoms with Crippen molar-refractivity contribution in [3.05, 3.63) is 45.8 Å². The standard InChI is InChI=1S/C18H15N3O6S/c1-2-25-18(24)11-7-28-16-15(11)17(23)21(8-19-16)6-14(22)20-10-3-4-12-13(5-10)27-9-26-12/h3-5,7-8H,2,6,9H2,1H3,(H,20,22). The molecule has 1 aliphatic rings. The highest BCUT2D eigenvalue weighted by atomic mass is 32.1. The third-order valence-electron chi connectivity index (χ3n) is 4.03. The molecule has 10 heteroatoms. The monoisotopic (exact) mass is 401 g/mol. The van der Waals surface area contributed by atoms with E-state index in [-0.39, 0.29) is 30.9 Å². The van der Waals surface area contributed by atoms with Crippen molar-refractivity contribution >= 4 is 39.1 Å². The number of benzene rings is 1. The summed E-state index contributed by atoms with van der Waals surface area (Å²) >= 11 is 1.17. The summed E-state index contributed by atoms with van der Waals surface area (Å²) in [5, 5.41) is 4.39. The summed E-state index contributed by atoms with van der Waals surface area (Å²) in [5.74, 6) is 0.133. The second kappa shape index (κ2) is 7.31. The van der Waals surface area contributed by atoms with Crippen molar-refractivity contribution in [2.45, 2.75) is 13.5 Å². The summed E-state index contributed by atoms with van der Waals surface area (Å²) in [6.07, 6.45) is 1.29. The van der Waals surface area contributed by atoms with Gasteiger partial charge in [-0.05, 0) is 19.1 Å². The molecule has 0 bridgehead atoms. The van der Waals surface area contributed by atoms with E-state index in [0.717, 1.165) is 4.57 Å². The maximum absolute atomic E-state index is 12.8. The Labute approximate surface area is 162 Å². The van der Waals surface area contributed by atoms with E-state index < -0.39 is 17.4 Å². The number of esters is 1. The SMILES string of the molecule is CCOC(=O)c1csc2ncn(CC(=O)Nc3ccc4c(c3)OCO4)c(=O)c12. The number of hydrogen-bond donors (Lipinski definition) is 1. The molecule has 1 aromatic carbocycles. The zero-order valence-corrected chi connectivity index (χ0v) is 15.6. The molecule has 0 saturated heterocycles. The molecule has 0 atom stereocenters. The molecular formula is C18H15N3O6S. The molecule has 28 heavy (non-hydrogen) atoms. The first-order valence-electron chi connectivity index (χ1n) is 8.40. The Hall–Kier alpha value is -3.40. The van der Waals surface area contributed by atoms with Gasteiger partial charge in [-0.25, -0.2) is 9.78 Å². The van der Waals surface area contributed by atoms with Gasteiger partial charge >= 0.3 is 5.97 Å². The highest BCUT2D eigenvalue weighted by Crippen LogP contribution is 2.34. The van der Waals surface area contributed by atoms with Gasteiger partial charge in [-0.3, -0.25) is 14.2 Å². The highest BCUT2D eigenvalue weighted by molar-refractivity contribution is 7.17. The number of nitrogens with one attached hydrogen (secondary N) is 1. The van der Waals surface area contributed by atoms with Crippen molar-refractivity contribution in [2.75, 3.05) is 18.7 Å². The topological polar surface area (TPSA) is 109 Å². The van der Waals surface area contributed by atoms with Crippen LogP contribution >= 0.6 is 11.3 Å². The van der Waals surface area contributed by atoms with Crippen LogP contribution in [0.3, 0.4) is 0 Å². The average molecular weight is 401 g/mol. The maximum atomic E-state index is 12.8. The summed E-state index contributed by atoms with van der Waals surface area (Å²) in [6.45, 7) is 1.76. The fourth-order valence-corrected chi connectivity index (χ4v) is 3.64. The van der Waals surface area contributed by atoms with Gasteiger partial charge in [-0.1, -0.05) is 0 Å². The molecule has 9 nitrogen and oxygen atoms in total. The number of aromatic nitrogens is 2. The molecule has 1 amide bonds. The van der Waals surface area contributed by atoms with Crippen LogP contribution in [0.1, 0.15) is 17.3 Å². The van der Waals surface area contributed by atoms with E-state index in [0.29, 0.717) is 22.0 Å². The number of amides is 1. The van der Waals surface area contributed by atoms with Crippen LogP contribution in [-0.2, 0) is 16.1 Å². The Kier molecular flexibility index (Phi) is 4.70. The number of carbonyl (C=O) groups is 2. The van der Waals surface area contributed by atoms with Crippen LogP contribution in [0.2, 0.25) is 0 Å². The zero-order valence-electron chi connectivity index (χ0n) is 14.8. The van der Waals surface area contributed by atoms with Gasteiger partial charge in [0.1, 0.15) is 11.4 Å². The molecule has 0 aliphatic carbocycles. The lowest BCUT2D eigenvalue weighted by Crippen LogP contribution is -2.28. The quantitative estimate of drug-likeness (QED) is 0.651. The molecule has 2 aromatic heterocycles. The van der Waals surface area contributed by atoms with E-state index in [2.05, 4.69) is 10.3 Å². The van der Waals surface area contributed by atoms with E-state index in [1.165, 1.54) is 23.0 Å². The Morgan fingerprint density at radius 1 is 1.32 bits per heavy atom. The van der Waals surface area contributed by atoms with Crippen molar-refractivity contribution in [1.82, 2.24) is 9.55 Å². The number of thiophene rings is 1. The van der Waals surface area contributed by atoms with Gasteiger partial charge in [0.2, 0.25) is 12.7 Å². The largest absolute Gasteiger partial charge is 0.462 e. The molecule has 0 saturated carbocycles. The molecule has 1 N–H and O–H groups in total. The van der Waals surface area contributed by atoms with E-state index in [1.807, 2.05) is 0 Å². The minimum absolute atomic E-state index is 0.136. The van der Waals surface area contributed by atoms with Crippen LogP contribution < -0.4 is 20.3 Å². The summed E-state index contributed by atoms with van der Waals surface area (Å²) < 4.78 is 16.6. The van der Waals surface area contributed by atoms with E-state index in [9.17, 15) is 14.4 Å². The molecule has 3 heterocycles. The minimum Gasteiger partial charge on any atom is -0.462 e.